The standard InChI is InChI=1S/C8H18.C7H16.C7H14.2CH4/c1-7(2)5-6-8(3)4;2*1-6(2)5-7(3)4;;/h7-8H,5-6H2,1-4H3;6-7H,5H2,1-4H3;5-6H,1-4H3;2*1H4. The number of hydrogen-bond acceptors (Lipinski definition) is 0. The van der Waals surface area contributed by atoms with Crippen LogP contribution in [-0.2, 0) is 0 Å². The molecule has 0 nitrogen and oxygen atoms in total. The first kappa shape index (κ1) is 35.0. The Hall–Kier alpha value is -0.260. The maximum absolute atomic E-state index is 2.28. The van der Waals surface area contributed by atoms with E-state index in [-0.39, 0.29) is 14.9 Å². The van der Waals surface area contributed by atoms with E-state index in [0.717, 1.165) is 23.7 Å². The molecule has 24 heavy (non-hydrogen) atoms. The van der Waals surface area contributed by atoms with E-state index in [1.54, 1.807) is 0 Å². The lowest BCUT2D eigenvalue weighted by Crippen LogP contribution is -1.93. The van der Waals surface area contributed by atoms with Crippen molar-refractivity contribution in [2.75, 3.05) is 0 Å². The molecule has 0 spiro atoms. The van der Waals surface area contributed by atoms with Gasteiger partial charge < -0.3 is 0 Å². The summed E-state index contributed by atoms with van der Waals surface area (Å²) in [5, 5.41) is 0. The van der Waals surface area contributed by atoms with E-state index in [0.29, 0.717) is 5.92 Å². The van der Waals surface area contributed by atoms with Crippen LogP contribution in [0.5, 0.6) is 0 Å². The molecule has 0 bridgehead atoms. The molecule has 0 saturated heterocycles. The zero-order valence-electron chi connectivity index (χ0n) is 18.1. The van der Waals surface area contributed by atoms with Gasteiger partial charge in [0, 0.05) is 0 Å². The molecule has 0 aromatic carbocycles. The number of allylic oxidation sites excluding steroid dienone is 2. The molecule has 0 aliphatic carbocycles. The molecule has 152 valence electrons. The smallest absolute Gasteiger partial charge is 0.0288 e. The van der Waals surface area contributed by atoms with Crippen molar-refractivity contribution in [1.82, 2.24) is 0 Å². The van der Waals surface area contributed by atoms with E-state index in [4.69, 9.17) is 0 Å². The van der Waals surface area contributed by atoms with E-state index < -0.39 is 0 Å². The molecule has 0 aromatic rings. The van der Waals surface area contributed by atoms with Gasteiger partial charge >= 0.3 is 0 Å². The van der Waals surface area contributed by atoms with Gasteiger partial charge in [0.15, 0.2) is 0 Å². The van der Waals surface area contributed by atoms with E-state index in [1.165, 1.54) is 24.8 Å². The monoisotopic (exact) mass is 344 g/mol. The summed E-state index contributed by atoms with van der Waals surface area (Å²) < 4.78 is 0. The second-order valence-electron chi connectivity index (χ2n) is 8.88. The first-order valence-corrected chi connectivity index (χ1v) is 9.53. The van der Waals surface area contributed by atoms with Gasteiger partial charge in [0.25, 0.3) is 0 Å². The molecular formula is C24H56. The van der Waals surface area contributed by atoms with Crippen molar-refractivity contribution in [1.29, 1.82) is 0 Å². The van der Waals surface area contributed by atoms with Gasteiger partial charge in [-0.2, -0.15) is 0 Å². The fourth-order valence-electron chi connectivity index (χ4n) is 2.28. The maximum atomic E-state index is 2.28. The minimum atomic E-state index is 0. The summed E-state index contributed by atoms with van der Waals surface area (Å²) in [6, 6.07) is 0. The van der Waals surface area contributed by atoms with Crippen molar-refractivity contribution in [2.45, 2.75) is 117 Å². The quantitative estimate of drug-likeness (QED) is 0.420. The highest BCUT2D eigenvalue weighted by molar-refractivity contribution is 4.94. The summed E-state index contributed by atoms with van der Waals surface area (Å²) >= 11 is 0. The summed E-state index contributed by atoms with van der Waals surface area (Å²) in [6.07, 6.45) is 6.38. The molecule has 0 atom stereocenters. The van der Waals surface area contributed by atoms with Crippen molar-refractivity contribution in [3.05, 3.63) is 11.6 Å². The summed E-state index contributed by atoms with van der Waals surface area (Å²) in [4.78, 5) is 0. The second-order valence-corrected chi connectivity index (χ2v) is 8.88. The highest BCUT2D eigenvalue weighted by atomic mass is 14.0. The van der Waals surface area contributed by atoms with Crippen molar-refractivity contribution in [3.63, 3.8) is 0 Å². The normalized spacial score (nSPS) is 9.71. The molecule has 0 amide bonds. The van der Waals surface area contributed by atoms with Crippen molar-refractivity contribution in [3.8, 4) is 0 Å². The third kappa shape index (κ3) is 57.6. The molecule has 0 aliphatic heterocycles. The van der Waals surface area contributed by atoms with Crippen LogP contribution in [0.2, 0.25) is 0 Å². The number of rotatable bonds is 6. The van der Waals surface area contributed by atoms with Gasteiger partial charge in [-0.25, -0.2) is 0 Å². The van der Waals surface area contributed by atoms with Crippen LogP contribution >= 0.6 is 0 Å². The SMILES string of the molecule is C.C.CC(C)=CC(C)C.CC(C)CC(C)C.CC(C)CCC(C)C. The van der Waals surface area contributed by atoms with Crippen LogP contribution in [0.15, 0.2) is 11.6 Å². The van der Waals surface area contributed by atoms with Crippen LogP contribution in [0, 0.1) is 29.6 Å². The van der Waals surface area contributed by atoms with E-state index in [9.17, 15) is 0 Å². The molecule has 0 aromatic heterocycles. The average Bonchev–Trinajstić information content (AvgIpc) is 2.23. The van der Waals surface area contributed by atoms with Crippen LogP contribution < -0.4 is 0 Å². The molecule has 0 heteroatoms. The Morgan fingerprint density at radius 1 is 0.583 bits per heavy atom. The molecule has 0 aliphatic rings. The first-order valence-electron chi connectivity index (χ1n) is 9.53. The predicted molar refractivity (Wildman–Crippen MR) is 121 cm³/mol. The Balaban J connectivity index is -0.0000000724. The Labute approximate surface area is 158 Å². The van der Waals surface area contributed by atoms with Gasteiger partial charge in [0.2, 0.25) is 0 Å². The van der Waals surface area contributed by atoms with Crippen LogP contribution in [0.25, 0.3) is 0 Å². The van der Waals surface area contributed by atoms with Crippen LogP contribution in [-0.4, -0.2) is 0 Å². The molecule has 0 radical (unpaired) electrons. The van der Waals surface area contributed by atoms with Gasteiger partial charge in [-0.3, -0.25) is 0 Å². The van der Waals surface area contributed by atoms with Crippen LogP contribution in [0.3, 0.4) is 0 Å². The van der Waals surface area contributed by atoms with E-state index in [2.05, 4.69) is 89.2 Å². The maximum Gasteiger partial charge on any atom is -0.0288 e. The average molecular weight is 345 g/mol. The van der Waals surface area contributed by atoms with Crippen molar-refractivity contribution < 1.29 is 0 Å². The Kier molecular flexibility index (Phi) is 33.1. The second kappa shape index (κ2) is 22.7. The topological polar surface area (TPSA) is 0 Å². The highest BCUT2D eigenvalue weighted by Crippen LogP contribution is 2.10. The summed E-state index contributed by atoms with van der Waals surface area (Å²) in [5.74, 6) is 4.24. The Morgan fingerprint density at radius 2 is 0.875 bits per heavy atom. The third-order valence-corrected chi connectivity index (χ3v) is 2.93. The summed E-state index contributed by atoms with van der Waals surface area (Å²) in [7, 11) is 0. The van der Waals surface area contributed by atoms with Gasteiger partial charge in [0.1, 0.15) is 0 Å². The van der Waals surface area contributed by atoms with E-state index in [1.807, 2.05) is 0 Å². The Bertz CT molecular complexity index is 210. The van der Waals surface area contributed by atoms with E-state index >= 15 is 0 Å². The molecule has 0 saturated carbocycles. The van der Waals surface area contributed by atoms with Crippen LogP contribution in [0.4, 0.5) is 0 Å². The van der Waals surface area contributed by atoms with Gasteiger partial charge in [-0.05, 0) is 49.9 Å². The van der Waals surface area contributed by atoms with Crippen molar-refractivity contribution >= 4 is 0 Å². The van der Waals surface area contributed by atoms with Gasteiger partial charge in [-0.15, -0.1) is 0 Å². The lowest BCUT2D eigenvalue weighted by molar-refractivity contribution is 0.469. The van der Waals surface area contributed by atoms with Gasteiger partial charge in [0.05, 0.1) is 0 Å². The highest BCUT2D eigenvalue weighted by Gasteiger charge is 1.96. The zero-order chi connectivity index (χ0) is 18.3. The number of hydrogen-bond donors (Lipinski definition) is 0. The molecule has 0 rings (SSSR count). The molecular weight excluding hydrogens is 288 g/mol. The fourth-order valence-corrected chi connectivity index (χ4v) is 2.28. The predicted octanol–water partition coefficient (Wildman–Crippen LogP) is 9.65. The summed E-state index contributed by atoms with van der Waals surface area (Å²) in [6.45, 7) is 26.8. The lowest BCUT2D eigenvalue weighted by atomic mass is 10.0. The zero-order valence-corrected chi connectivity index (χ0v) is 18.1. The largest absolute Gasteiger partial charge is 0.0833 e. The molecule has 0 N–H and O–H groups in total. The van der Waals surface area contributed by atoms with Crippen LogP contribution in [0.1, 0.15) is 117 Å². The fraction of sp³-hybridized carbons (Fsp3) is 0.917. The molecule has 0 fully saturated rings. The lowest BCUT2D eigenvalue weighted by Gasteiger charge is -2.05. The molecule has 0 unspecified atom stereocenters. The van der Waals surface area contributed by atoms with Crippen molar-refractivity contribution in [2.24, 2.45) is 29.6 Å². The first-order chi connectivity index (χ1) is 9.88. The molecule has 0 heterocycles. The minimum Gasteiger partial charge on any atom is -0.0833 e. The van der Waals surface area contributed by atoms with Gasteiger partial charge in [-0.1, -0.05) is 109 Å². The minimum absolute atomic E-state index is 0. The Morgan fingerprint density at radius 3 is 0.917 bits per heavy atom. The third-order valence-electron chi connectivity index (χ3n) is 2.93. The summed E-state index contributed by atoms with van der Waals surface area (Å²) in [5.41, 5.74) is 1.41.